The zero-order chi connectivity index (χ0) is 15.7. The van der Waals surface area contributed by atoms with E-state index in [9.17, 15) is 0 Å². The Morgan fingerprint density at radius 1 is 1.04 bits per heavy atom. The average Bonchev–Trinajstić information content (AvgIpc) is 3.31. The first-order valence-corrected chi connectivity index (χ1v) is 9.77. The summed E-state index contributed by atoms with van der Waals surface area (Å²) in [5.74, 6) is 1.27. The minimum absolute atomic E-state index is 0.282. The van der Waals surface area contributed by atoms with E-state index < -0.39 is 0 Å². The van der Waals surface area contributed by atoms with Gasteiger partial charge in [-0.3, -0.25) is 4.84 Å². The fourth-order valence-electron chi connectivity index (χ4n) is 6.03. The molecule has 6 rings (SSSR count). The number of hydroxylamine groups is 2. The summed E-state index contributed by atoms with van der Waals surface area (Å²) >= 11 is 0. The van der Waals surface area contributed by atoms with Gasteiger partial charge in [0, 0.05) is 18.0 Å². The molecule has 24 heavy (non-hydrogen) atoms. The standard InChI is InChI=1S/C20H25N3O/c1-2-7-14(8-3-1)23-18-19-21-15-9-4-5-10-16(15)22(19)13-20(18)12-6-11-17(20)24-23/h4-5,9-10,14,17-18H,1-3,6-8,11-13H2/t17-,18-,20-/m0/s1. The van der Waals surface area contributed by atoms with Crippen LogP contribution in [0.5, 0.6) is 0 Å². The summed E-state index contributed by atoms with van der Waals surface area (Å²) in [4.78, 5) is 11.7. The summed E-state index contributed by atoms with van der Waals surface area (Å²) < 4.78 is 2.51. The molecule has 4 heteroatoms. The van der Waals surface area contributed by atoms with Gasteiger partial charge in [0.1, 0.15) is 11.9 Å². The Morgan fingerprint density at radius 3 is 2.83 bits per heavy atom. The maximum absolute atomic E-state index is 6.62. The van der Waals surface area contributed by atoms with E-state index in [1.807, 2.05) is 0 Å². The Labute approximate surface area is 142 Å². The topological polar surface area (TPSA) is 30.3 Å². The van der Waals surface area contributed by atoms with E-state index in [1.54, 1.807) is 0 Å². The van der Waals surface area contributed by atoms with Gasteiger partial charge in [0.25, 0.3) is 0 Å². The SMILES string of the molecule is c1ccc2c(c1)nc1n2C[C@@]23CCC[C@@H]2ON(C2CCCCC2)[C@@H]13. The molecular formula is C20H25N3O. The second-order valence-corrected chi connectivity index (χ2v) is 8.32. The predicted molar refractivity (Wildman–Crippen MR) is 92.3 cm³/mol. The van der Waals surface area contributed by atoms with Crippen molar-refractivity contribution in [3.05, 3.63) is 30.1 Å². The molecule has 3 heterocycles. The molecule has 4 aliphatic rings. The lowest BCUT2D eigenvalue weighted by molar-refractivity contribution is -0.198. The van der Waals surface area contributed by atoms with Gasteiger partial charge in [-0.05, 0) is 44.2 Å². The second kappa shape index (κ2) is 4.83. The van der Waals surface area contributed by atoms with Crippen LogP contribution in [0.1, 0.15) is 63.2 Å². The average molecular weight is 323 g/mol. The first kappa shape index (κ1) is 13.9. The van der Waals surface area contributed by atoms with Gasteiger partial charge < -0.3 is 4.57 Å². The van der Waals surface area contributed by atoms with E-state index in [0.717, 1.165) is 12.1 Å². The van der Waals surface area contributed by atoms with Gasteiger partial charge in [-0.15, -0.1) is 0 Å². The van der Waals surface area contributed by atoms with Crippen LogP contribution in [0.25, 0.3) is 11.0 Å². The van der Waals surface area contributed by atoms with E-state index >= 15 is 0 Å². The molecule has 0 unspecified atom stereocenters. The molecule has 2 aliphatic heterocycles. The highest BCUT2D eigenvalue weighted by atomic mass is 16.7. The third-order valence-corrected chi connectivity index (χ3v) is 7.11. The van der Waals surface area contributed by atoms with Crippen molar-refractivity contribution in [3.8, 4) is 0 Å². The van der Waals surface area contributed by atoms with Crippen LogP contribution in [0.3, 0.4) is 0 Å². The zero-order valence-electron chi connectivity index (χ0n) is 14.2. The molecule has 1 saturated heterocycles. The molecule has 0 radical (unpaired) electrons. The Bertz CT molecular complexity index is 793. The molecular weight excluding hydrogens is 298 g/mol. The van der Waals surface area contributed by atoms with Crippen molar-refractivity contribution in [3.63, 3.8) is 0 Å². The maximum atomic E-state index is 6.62. The Hall–Kier alpha value is -1.39. The van der Waals surface area contributed by atoms with E-state index in [0.29, 0.717) is 18.2 Å². The fraction of sp³-hybridized carbons (Fsp3) is 0.650. The molecule has 2 aliphatic carbocycles. The van der Waals surface area contributed by atoms with Crippen LogP contribution in [0.2, 0.25) is 0 Å². The minimum atomic E-state index is 0.282. The first-order chi connectivity index (χ1) is 11.9. The first-order valence-electron chi connectivity index (χ1n) is 9.77. The van der Waals surface area contributed by atoms with Crippen LogP contribution >= 0.6 is 0 Å². The van der Waals surface area contributed by atoms with Crippen LogP contribution < -0.4 is 0 Å². The second-order valence-electron chi connectivity index (χ2n) is 8.32. The van der Waals surface area contributed by atoms with Gasteiger partial charge >= 0.3 is 0 Å². The highest BCUT2D eigenvalue weighted by Gasteiger charge is 2.64. The van der Waals surface area contributed by atoms with Crippen molar-refractivity contribution in [2.75, 3.05) is 0 Å². The van der Waals surface area contributed by atoms with E-state index in [1.165, 1.54) is 62.7 Å². The van der Waals surface area contributed by atoms with E-state index in [-0.39, 0.29) is 5.41 Å². The molecule has 4 nitrogen and oxygen atoms in total. The number of aromatic nitrogens is 2. The van der Waals surface area contributed by atoms with Crippen molar-refractivity contribution >= 4 is 11.0 Å². The Kier molecular flexibility index (Phi) is 2.79. The van der Waals surface area contributed by atoms with Gasteiger partial charge in [-0.2, -0.15) is 5.06 Å². The summed E-state index contributed by atoms with van der Waals surface area (Å²) in [5.41, 5.74) is 2.74. The fourth-order valence-corrected chi connectivity index (χ4v) is 6.03. The molecule has 0 amide bonds. The highest BCUT2D eigenvalue weighted by molar-refractivity contribution is 5.76. The lowest BCUT2D eigenvalue weighted by Crippen LogP contribution is -2.38. The quantitative estimate of drug-likeness (QED) is 0.787. The third kappa shape index (κ3) is 1.64. The number of hydrogen-bond donors (Lipinski definition) is 0. The van der Waals surface area contributed by atoms with Crippen molar-refractivity contribution in [2.45, 2.75) is 76.1 Å². The maximum Gasteiger partial charge on any atom is 0.130 e. The van der Waals surface area contributed by atoms with Crippen LogP contribution in [-0.2, 0) is 11.4 Å². The number of rotatable bonds is 1. The zero-order valence-corrected chi connectivity index (χ0v) is 14.2. The summed E-state index contributed by atoms with van der Waals surface area (Å²) in [5, 5.41) is 2.42. The Morgan fingerprint density at radius 2 is 1.92 bits per heavy atom. The highest BCUT2D eigenvalue weighted by Crippen LogP contribution is 2.62. The van der Waals surface area contributed by atoms with Crippen LogP contribution in [0.15, 0.2) is 24.3 Å². The molecule has 3 atom stereocenters. The lowest BCUT2D eigenvalue weighted by Gasteiger charge is -2.34. The number of para-hydroxylation sites is 2. The van der Waals surface area contributed by atoms with Gasteiger partial charge in [-0.1, -0.05) is 31.4 Å². The molecule has 126 valence electrons. The smallest absolute Gasteiger partial charge is 0.130 e. The lowest BCUT2D eigenvalue weighted by atomic mass is 9.79. The Balaban J connectivity index is 1.49. The van der Waals surface area contributed by atoms with E-state index in [2.05, 4.69) is 33.9 Å². The summed E-state index contributed by atoms with van der Waals surface area (Å²) in [6, 6.07) is 9.60. The minimum Gasteiger partial charge on any atom is -0.326 e. The molecule has 2 saturated carbocycles. The molecule has 1 aromatic carbocycles. The van der Waals surface area contributed by atoms with Crippen LogP contribution in [0, 0.1) is 5.41 Å². The van der Waals surface area contributed by atoms with Gasteiger partial charge in [0.15, 0.2) is 0 Å². The van der Waals surface area contributed by atoms with Crippen LogP contribution in [-0.4, -0.2) is 26.8 Å². The molecule has 2 aromatic rings. The molecule has 3 fully saturated rings. The summed E-state index contributed by atoms with van der Waals surface area (Å²) in [6.45, 7) is 1.10. The van der Waals surface area contributed by atoms with Crippen molar-refractivity contribution in [1.82, 2.24) is 14.6 Å². The van der Waals surface area contributed by atoms with Gasteiger partial charge in [-0.25, -0.2) is 4.98 Å². The predicted octanol–water partition coefficient (Wildman–Crippen LogP) is 4.21. The van der Waals surface area contributed by atoms with Crippen molar-refractivity contribution in [2.24, 2.45) is 5.41 Å². The number of imidazole rings is 1. The van der Waals surface area contributed by atoms with Crippen LogP contribution in [0.4, 0.5) is 0 Å². The number of benzene rings is 1. The van der Waals surface area contributed by atoms with Crippen molar-refractivity contribution < 1.29 is 4.84 Å². The monoisotopic (exact) mass is 323 g/mol. The van der Waals surface area contributed by atoms with E-state index in [4.69, 9.17) is 9.82 Å². The summed E-state index contributed by atoms with van der Waals surface area (Å²) in [7, 11) is 0. The van der Waals surface area contributed by atoms with Gasteiger partial charge in [0.05, 0.1) is 17.1 Å². The molecule has 0 N–H and O–H groups in total. The third-order valence-electron chi connectivity index (χ3n) is 7.11. The molecule has 1 aromatic heterocycles. The summed E-state index contributed by atoms with van der Waals surface area (Å²) in [6.07, 6.45) is 10.9. The normalized spacial score (nSPS) is 36.2. The molecule has 0 bridgehead atoms. The number of fused-ring (bicyclic) bond motifs is 4. The largest absolute Gasteiger partial charge is 0.326 e. The van der Waals surface area contributed by atoms with Crippen molar-refractivity contribution in [1.29, 1.82) is 0 Å². The number of nitrogens with zero attached hydrogens (tertiary/aromatic N) is 3. The number of hydrogen-bond acceptors (Lipinski definition) is 3. The molecule has 1 spiro atoms. The van der Waals surface area contributed by atoms with Gasteiger partial charge in [0.2, 0.25) is 0 Å².